The molecule has 0 radical (unpaired) electrons. The summed E-state index contributed by atoms with van der Waals surface area (Å²) in [6.07, 6.45) is 8.28. The molecule has 5 heterocycles. The second kappa shape index (κ2) is 8.34. The Morgan fingerprint density at radius 3 is 2.62 bits per heavy atom. The van der Waals surface area contributed by atoms with Crippen LogP contribution in [0.3, 0.4) is 0 Å². The van der Waals surface area contributed by atoms with Gasteiger partial charge in [-0.1, -0.05) is 12.1 Å². The highest BCUT2D eigenvalue weighted by atomic mass is 16.5. The molecule has 1 saturated carbocycles. The SMILES string of the molecule is Cc1ccc(OC2CC3CCC2N(C(=O)c2nccc(C)c2-c2ncccc2C)C3)nc1. The van der Waals surface area contributed by atoms with E-state index in [-0.39, 0.29) is 18.1 Å². The lowest BCUT2D eigenvalue weighted by Gasteiger charge is -2.49. The minimum atomic E-state index is -0.0495. The van der Waals surface area contributed by atoms with E-state index in [9.17, 15) is 4.79 Å². The van der Waals surface area contributed by atoms with Gasteiger partial charge >= 0.3 is 0 Å². The van der Waals surface area contributed by atoms with Crippen LogP contribution in [0.2, 0.25) is 0 Å². The third-order valence-electron chi connectivity index (χ3n) is 6.75. The highest BCUT2D eigenvalue weighted by Crippen LogP contribution is 2.39. The molecule has 3 atom stereocenters. The van der Waals surface area contributed by atoms with Gasteiger partial charge in [-0.15, -0.1) is 0 Å². The second-order valence-electron chi connectivity index (χ2n) is 9.05. The van der Waals surface area contributed by atoms with Gasteiger partial charge in [-0.2, -0.15) is 0 Å². The molecule has 2 bridgehead atoms. The maximum atomic E-state index is 13.9. The summed E-state index contributed by atoms with van der Waals surface area (Å²) in [6.45, 7) is 6.79. The first-order chi connectivity index (χ1) is 15.5. The van der Waals surface area contributed by atoms with Crippen LogP contribution in [-0.4, -0.2) is 44.4 Å². The van der Waals surface area contributed by atoms with Crippen molar-refractivity contribution >= 4 is 5.91 Å². The van der Waals surface area contributed by atoms with Gasteiger partial charge in [0.2, 0.25) is 5.88 Å². The molecule has 3 aliphatic rings. The molecule has 2 saturated heterocycles. The lowest BCUT2D eigenvalue weighted by Crippen LogP contribution is -2.59. The molecule has 3 aromatic rings. The van der Waals surface area contributed by atoms with Crippen molar-refractivity contribution in [2.24, 2.45) is 5.92 Å². The zero-order valence-corrected chi connectivity index (χ0v) is 18.8. The molecule has 32 heavy (non-hydrogen) atoms. The highest BCUT2D eigenvalue weighted by Gasteiger charge is 2.45. The molecule has 0 aromatic carbocycles. The molecule has 164 valence electrons. The van der Waals surface area contributed by atoms with Crippen molar-refractivity contribution in [3.63, 3.8) is 0 Å². The fraction of sp³-hybridized carbons (Fsp3) is 0.385. The number of hydrogen-bond donors (Lipinski definition) is 0. The van der Waals surface area contributed by atoms with Gasteiger partial charge in [0.15, 0.2) is 0 Å². The van der Waals surface area contributed by atoms with E-state index in [0.29, 0.717) is 17.5 Å². The summed E-state index contributed by atoms with van der Waals surface area (Å²) in [5.74, 6) is 1.02. The first-order valence-corrected chi connectivity index (χ1v) is 11.3. The number of carbonyl (C=O) groups is 1. The van der Waals surface area contributed by atoms with E-state index < -0.39 is 0 Å². The number of amides is 1. The maximum Gasteiger partial charge on any atom is 0.273 e. The summed E-state index contributed by atoms with van der Waals surface area (Å²) >= 11 is 0. The number of fused-ring (bicyclic) bond motifs is 3. The van der Waals surface area contributed by atoms with Gasteiger partial charge in [0.1, 0.15) is 11.8 Å². The summed E-state index contributed by atoms with van der Waals surface area (Å²) in [5.41, 5.74) is 5.26. The Bertz CT molecular complexity index is 1140. The summed E-state index contributed by atoms with van der Waals surface area (Å²) < 4.78 is 6.28. The van der Waals surface area contributed by atoms with Crippen molar-refractivity contribution in [1.29, 1.82) is 0 Å². The Morgan fingerprint density at radius 1 is 1.00 bits per heavy atom. The number of aromatic nitrogens is 3. The predicted molar refractivity (Wildman–Crippen MR) is 122 cm³/mol. The Kier molecular flexibility index (Phi) is 5.37. The fourth-order valence-electron chi connectivity index (χ4n) is 5.07. The molecule has 0 spiro atoms. The number of pyridine rings is 3. The molecular formula is C26H28N4O2. The van der Waals surface area contributed by atoms with Gasteiger partial charge in [-0.05, 0) is 74.8 Å². The third kappa shape index (κ3) is 3.74. The summed E-state index contributed by atoms with van der Waals surface area (Å²) in [6, 6.07) is 9.81. The Labute approximate surface area is 188 Å². The van der Waals surface area contributed by atoms with Crippen LogP contribution in [-0.2, 0) is 0 Å². The maximum absolute atomic E-state index is 13.9. The van der Waals surface area contributed by atoms with Crippen LogP contribution in [0.4, 0.5) is 0 Å². The predicted octanol–water partition coefficient (Wildman–Crippen LogP) is 4.54. The number of rotatable bonds is 4. The monoisotopic (exact) mass is 428 g/mol. The van der Waals surface area contributed by atoms with E-state index in [0.717, 1.165) is 53.8 Å². The second-order valence-corrected chi connectivity index (χ2v) is 9.05. The van der Waals surface area contributed by atoms with Gasteiger partial charge in [0.05, 0.1) is 11.7 Å². The number of carbonyl (C=O) groups excluding carboxylic acids is 1. The molecule has 2 aliphatic heterocycles. The van der Waals surface area contributed by atoms with Crippen LogP contribution in [0.15, 0.2) is 48.9 Å². The number of hydrogen-bond acceptors (Lipinski definition) is 5. The summed E-state index contributed by atoms with van der Waals surface area (Å²) in [4.78, 5) is 29.4. The summed E-state index contributed by atoms with van der Waals surface area (Å²) in [7, 11) is 0. The first-order valence-electron chi connectivity index (χ1n) is 11.3. The minimum absolute atomic E-state index is 0.0237. The van der Waals surface area contributed by atoms with Crippen LogP contribution >= 0.6 is 0 Å². The molecule has 1 aliphatic carbocycles. The molecule has 3 fully saturated rings. The molecule has 6 heteroatoms. The number of nitrogens with zero attached hydrogens (tertiary/aromatic N) is 4. The van der Waals surface area contributed by atoms with E-state index in [4.69, 9.17) is 4.74 Å². The zero-order chi connectivity index (χ0) is 22.2. The number of aryl methyl sites for hydroxylation is 3. The van der Waals surface area contributed by atoms with E-state index in [1.807, 2.05) is 62.2 Å². The largest absolute Gasteiger partial charge is 0.472 e. The van der Waals surface area contributed by atoms with Crippen LogP contribution in [0.25, 0.3) is 11.3 Å². The van der Waals surface area contributed by atoms with Crippen molar-refractivity contribution in [3.05, 3.63) is 71.3 Å². The molecule has 3 aromatic heterocycles. The smallest absolute Gasteiger partial charge is 0.273 e. The van der Waals surface area contributed by atoms with Gasteiger partial charge in [-0.25, -0.2) is 4.98 Å². The fourth-order valence-corrected chi connectivity index (χ4v) is 5.07. The van der Waals surface area contributed by atoms with Crippen molar-refractivity contribution in [1.82, 2.24) is 19.9 Å². The molecule has 6 rings (SSSR count). The van der Waals surface area contributed by atoms with Crippen LogP contribution in [0.1, 0.15) is 46.4 Å². The van der Waals surface area contributed by atoms with E-state index in [2.05, 4.69) is 15.0 Å². The third-order valence-corrected chi connectivity index (χ3v) is 6.75. The zero-order valence-electron chi connectivity index (χ0n) is 18.8. The Balaban J connectivity index is 1.47. The highest BCUT2D eigenvalue weighted by molar-refractivity contribution is 6.00. The standard InChI is InChI=1S/C26H28N4O2/c1-16-6-9-22(29-14-16)32-21-13-19-7-8-20(21)30(15-19)26(31)25-23(17(2)10-12-28-25)24-18(3)5-4-11-27-24/h4-6,9-12,14,19-21H,7-8,13,15H2,1-3H3. The first kappa shape index (κ1) is 20.6. The quantitative estimate of drug-likeness (QED) is 0.610. The van der Waals surface area contributed by atoms with Crippen molar-refractivity contribution in [2.45, 2.75) is 52.2 Å². The average molecular weight is 429 g/mol. The van der Waals surface area contributed by atoms with Crippen molar-refractivity contribution in [3.8, 4) is 17.1 Å². The van der Waals surface area contributed by atoms with Gasteiger partial charge < -0.3 is 9.64 Å². The van der Waals surface area contributed by atoms with E-state index in [1.54, 1.807) is 12.4 Å². The Hall–Kier alpha value is -3.28. The van der Waals surface area contributed by atoms with E-state index >= 15 is 0 Å². The van der Waals surface area contributed by atoms with Crippen molar-refractivity contribution in [2.75, 3.05) is 6.54 Å². The Morgan fingerprint density at radius 2 is 1.88 bits per heavy atom. The number of piperidine rings is 2. The van der Waals surface area contributed by atoms with Crippen LogP contribution in [0.5, 0.6) is 5.88 Å². The summed E-state index contributed by atoms with van der Waals surface area (Å²) in [5, 5.41) is 0. The van der Waals surface area contributed by atoms with Gasteiger partial charge in [0.25, 0.3) is 5.91 Å². The molecule has 1 amide bonds. The molecule has 6 nitrogen and oxygen atoms in total. The van der Waals surface area contributed by atoms with Gasteiger partial charge in [-0.3, -0.25) is 14.8 Å². The number of ether oxygens (including phenoxy) is 1. The molecular weight excluding hydrogens is 400 g/mol. The molecule has 0 N–H and O–H groups in total. The van der Waals surface area contributed by atoms with Crippen molar-refractivity contribution < 1.29 is 9.53 Å². The lowest BCUT2D eigenvalue weighted by atomic mass is 9.77. The normalized spacial score (nSPS) is 22.1. The average Bonchev–Trinajstić information content (AvgIpc) is 2.81. The minimum Gasteiger partial charge on any atom is -0.472 e. The molecule has 3 unspecified atom stereocenters. The van der Waals surface area contributed by atoms with Crippen LogP contribution < -0.4 is 4.74 Å². The van der Waals surface area contributed by atoms with E-state index in [1.165, 1.54) is 0 Å². The topological polar surface area (TPSA) is 68.2 Å². The lowest BCUT2D eigenvalue weighted by molar-refractivity contribution is -0.0315. The van der Waals surface area contributed by atoms with Gasteiger partial charge in [0, 0.05) is 36.8 Å². The van der Waals surface area contributed by atoms with Crippen LogP contribution in [0, 0.1) is 26.7 Å².